The number of hydrogen-bond donors (Lipinski definition) is 2. The first-order chi connectivity index (χ1) is 9.54. The number of carbonyl (C=O) groups is 2. The van der Waals surface area contributed by atoms with Crippen molar-refractivity contribution in [3.8, 4) is 0 Å². The molecule has 7 heteroatoms. The van der Waals surface area contributed by atoms with Gasteiger partial charge in [-0.25, -0.2) is 9.18 Å². The molecule has 1 saturated heterocycles. The zero-order valence-electron chi connectivity index (χ0n) is 11.9. The lowest BCUT2D eigenvalue weighted by Crippen LogP contribution is -2.44. The summed E-state index contributed by atoms with van der Waals surface area (Å²) in [6.45, 7) is 4.34. The molecular formula is C14H16ClFN2O3. The third-order valence-electron chi connectivity index (χ3n) is 3.29. The van der Waals surface area contributed by atoms with Gasteiger partial charge in [0, 0.05) is 10.6 Å². The lowest BCUT2D eigenvalue weighted by atomic mass is 9.91. The Hall–Kier alpha value is -1.66. The van der Waals surface area contributed by atoms with Gasteiger partial charge in [0.25, 0.3) is 5.91 Å². The number of imide groups is 1. The highest BCUT2D eigenvalue weighted by Crippen LogP contribution is 2.34. The highest BCUT2D eigenvalue weighted by molar-refractivity contribution is 6.32. The Morgan fingerprint density at radius 1 is 1.43 bits per heavy atom. The van der Waals surface area contributed by atoms with Crippen LogP contribution in [0.25, 0.3) is 0 Å². The van der Waals surface area contributed by atoms with E-state index in [0.29, 0.717) is 5.56 Å². The molecule has 1 aliphatic heterocycles. The largest absolute Gasteiger partial charge is 0.389 e. The van der Waals surface area contributed by atoms with Crippen LogP contribution in [0.4, 0.5) is 9.18 Å². The zero-order valence-corrected chi connectivity index (χ0v) is 12.7. The predicted octanol–water partition coefficient (Wildman–Crippen LogP) is 2.02. The molecule has 114 valence electrons. The van der Waals surface area contributed by atoms with E-state index in [2.05, 4.69) is 5.32 Å². The molecule has 21 heavy (non-hydrogen) atoms. The van der Waals surface area contributed by atoms with E-state index < -0.39 is 28.9 Å². The summed E-state index contributed by atoms with van der Waals surface area (Å²) < 4.78 is 13.1. The Kier molecular flexibility index (Phi) is 3.71. The number of aliphatic hydroxyl groups is 1. The Balaban J connectivity index is 2.40. The average Bonchev–Trinajstić information content (AvgIpc) is 2.52. The number of hydrogen-bond acceptors (Lipinski definition) is 3. The van der Waals surface area contributed by atoms with Crippen molar-refractivity contribution in [2.75, 3.05) is 6.54 Å². The second-order valence-electron chi connectivity index (χ2n) is 5.88. The van der Waals surface area contributed by atoms with E-state index in [4.69, 9.17) is 11.6 Å². The number of amides is 3. The van der Waals surface area contributed by atoms with Crippen molar-refractivity contribution >= 4 is 23.5 Å². The van der Waals surface area contributed by atoms with Gasteiger partial charge in [0.15, 0.2) is 0 Å². The molecule has 0 bridgehead atoms. The monoisotopic (exact) mass is 314 g/mol. The summed E-state index contributed by atoms with van der Waals surface area (Å²) in [7, 11) is 0. The topological polar surface area (TPSA) is 69.6 Å². The van der Waals surface area contributed by atoms with E-state index >= 15 is 0 Å². The maximum absolute atomic E-state index is 13.1. The first-order valence-corrected chi connectivity index (χ1v) is 6.74. The summed E-state index contributed by atoms with van der Waals surface area (Å²) >= 11 is 5.98. The van der Waals surface area contributed by atoms with Crippen LogP contribution in [-0.2, 0) is 10.3 Å². The summed E-state index contributed by atoms with van der Waals surface area (Å²) in [6.07, 6.45) is 0. The Morgan fingerprint density at radius 3 is 2.57 bits per heavy atom. The van der Waals surface area contributed by atoms with Crippen molar-refractivity contribution in [2.45, 2.75) is 31.9 Å². The van der Waals surface area contributed by atoms with E-state index in [1.165, 1.54) is 32.9 Å². The summed E-state index contributed by atoms with van der Waals surface area (Å²) in [5, 5.41) is 12.4. The molecule has 0 saturated carbocycles. The second kappa shape index (κ2) is 4.96. The van der Waals surface area contributed by atoms with Gasteiger partial charge in [-0.15, -0.1) is 0 Å². The van der Waals surface area contributed by atoms with Crippen molar-refractivity contribution in [3.05, 3.63) is 34.6 Å². The number of carbonyl (C=O) groups excluding carboxylic acids is 2. The highest BCUT2D eigenvalue weighted by Gasteiger charge is 2.50. The van der Waals surface area contributed by atoms with Gasteiger partial charge in [0.2, 0.25) is 0 Å². The van der Waals surface area contributed by atoms with E-state index in [1.54, 1.807) is 0 Å². The smallest absolute Gasteiger partial charge is 0.325 e. The third-order valence-corrected chi connectivity index (χ3v) is 3.60. The SMILES string of the molecule is CC(C)(O)CN1C(=O)NC(C)(c2ccc(F)cc2Cl)C1=O. The minimum absolute atomic E-state index is 0.0521. The molecule has 0 aliphatic carbocycles. The molecule has 1 aromatic carbocycles. The van der Waals surface area contributed by atoms with Crippen LogP contribution < -0.4 is 5.32 Å². The molecule has 1 aromatic rings. The van der Waals surface area contributed by atoms with Crippen LogP contribution in [0.1, 0.15) is 26.3 Å². The quantitative estimate of drug-likeness (QED) is 0.839. The van der Waals surface area contributed by atoms with Crippen LogP contribution in [0.2, 0.25) is 5.02 Å². The standard InChI is InChI=1S/C14H16ClFN2O3/c1-13(2,21)7-18-11(19)14(3,17-12(18)20)9-5-4-8(16)6-10(9)15/h4-6,21H,7H2,1-3H3,(H,17,20). The van der Waals surface area contributed by atoms with Gasteiger partial charge in [-0.05, 0) is 32.9 Å². The zero-order chi connectivity index (χ0) is 16.0. The summed E-state index contributed by atoms with van der Waals surface area (Å²) in [4.78, 5) is 25.5. The molecule has 3 amide bonds. The molecule has 0 spiro atoms. The minimum Gasteiger partial charge on any atom is -0.389 e. The van der Waals surface area contributed by atoms with E-state index in [-0.39, 0.29) is 11.6 Å². The summed E-state index contributed by atoms with van der Waals surface area (Å²) in [6, 6.07) is 3.00. The summed E-state index contributed by atoms with van der Waals surface area (Å²) in [5.74, 6) is -1.07. The number of β-amino-alcohol motifs (C(OH)–C–C–N with tert-alkyl or cyclic N) is 1. The molecule has 1 heterocycles. The molecule has 2 N–H and O–H groups in total. The molecule has 1 unspecified atom stereocenters. The average molecular weight is 315 g/mol. The van der Waals surface area contributed by atoms with Crippen LogP contribution in [0.5, 0.6) is 0 Å². The van der Waals surface area contributed by atoms with Crippen molar-refractivity contribution in [2.24, 2.45) is 0 Å². The molecule has 5 nitrogen and oxygen atoms in total. The highest BCUT2D eigenvalue weighted by atomic mass is 35.5. The molecular weight excluding hydrogens is 299 g/mol. The number of benzene rings is 1. The van der Waals surface area contributed by atoms with E-state index in [9.17, 15) is 19.1 Å². The predicted molar refractivity (Wildman–Crippen MR) is 75.3 cm³/mol. The third kappa shape index (κ3) is 2.87. The van der Waals surface area contributed by atoms with Crippen LogP contribution in [0.3, 0.4) is 0 Å². The molecule has 1 aliphatic rings. The second-order valence-corrected chi connectivity index (χ2v) is 6.29. The van der Waals surface area contributed by atoms with Gasteiger partial charge >= 0.3 is 6.03 Å². The van der Waals surface area contributed by atoms with Gasteiger partial charge < -0.3 is 10.4 Å². The molecule has 0 radical (unpaired) electrons. The lowest BCUT2D eigenvalue weighted by molar-refractivity contribution is -0.133. The first-order valence-electron chi connectivity index (χ1n) is 6.36. The van der Waals surface area contributed by atoms with Crippen LogP contribution in [0, 0.1) is 5.82 Å². The number of rotatable bonds is 3. The number of urea groups is 1. The van der Waals surface area contributed by atoms with Crippen LogP contribution >= 0.6 is 11.6 Å². The molecule has 1 atom stereocenters. The van der Waals surface area contributed by atoms with E-state index in [1.807, 2.05) is 0 Å². The number of halogens is 2. The molecule has 2 rings (SSSR count). The van der Waals surface area contributed by atoms with Crippen LogP contribution in [0.15, 0.2) is 18.2 Å². The minimum atomic E-state index is -1.38. The first kappa shape index (κ1) is 15.7. The van der Waals surface area contributed by atoms with Gasteiger partial charge in [0.05, 0.1) is 12.1 Å². The van der Waals surface area contributed by atoms with Crippen molar-refractivity contribution in [1.29, 1.82) is 0 Å². The van der Waals surface area contributed by atoms with Crippen LogP contribution in [-0.4, -0.2) is 34.1 Å². The summed E-state index contributed by atoms with van der Waals surface area (Å²) in [5.41, 5.74) is -2.29. The maximum atomic E-state index is 13.1. The molecule has 1 fully saturated rings. The fraction of sp³-hybridized carbons (Fsp3) is 0.429. The van der Waals surface area contributed by atoms with Gasteiger partial charge in [-0.1, -0.05) is 17.7 Å². The molecule has 0 aromatic heterocycles. The van der Waals surface area contributed by atoms with Crippen molar-refractivity contribution < 1.29 is 19.1 Å². The Bertz CT molecular complexity index is 615. The fourth-order valence-electron chi connectivity index (χ4n) is 2.31. The number of nitrogens with one attached hydrogen (secondary N) is 1. The van der Waals surface area contributed by atoms with Crippen molar-refractivity contribution in [1.82, 2.24) is 10.2 Å². The van der Waals surface area contributed by atoms with Gasteiger partial charge in [0.1, 0.15) is 11.4 Å². The van der Waals surface area contributed by atoms with E-state index in [0.717, 1.165) is 11.0 Å². The maximum Gasteiger partial charge on any atom is 0.325 e. The Labute approximate surface area is 126 Å². The van der Waals surface area contributed by atoms with Crippen molar-refractivity contribution in [3.63, 3.8) is 0 Å². The van der Waals surface area contributed by atoms with Gasteiger partial charge in [-0.3, -0.25) is 9.69 Å². The Morgan fingerprint density at radius 2 is 2.05 bits per heavy atom. The van der Waals surface area contributed by atoms with Gasteiger partial charge in [-0.2, -0.15) is 0 Å². The lowest BCUT2D eigenvalue weighted by Gasteiger charge is -2.26. The normalized spacial score (nSPS) is 22.7. The number of nitrogens with zero attached hydrogens (tertiary/aromatic N) is 1. The fourth-order valence-corrected chi connectivity index (χ4v) is 2.66.